The molecule has 0 radical (unpaired) electrons. The number of nitrogens with zero attached hydrogens (tertiary/aromatic N) is 2. The van der Waals surface area contributed by atoms with Crippen LogP contribution in [0.25, 0.3) is 4.96 Å². The molecule has 0 unspecified atom stereocenters. The Morgan fingerprint density at radius 3 is 3.18 bits per heavy atom. The van der Waals surface area contributed by atoms with Gasteiger partial charge in [-0.3, -0.25) is 9.20 Å². The molecule has 1 amide bonds. The summed E-state index contributed by atoms with van der Waals surface area (Å²) in [4.78, 5) is 16.9. The van der Waals surface area contributed by atoms with Crippen LogP contribution in [0.4, 0.5) is 0 Å². The maximum absolute atomic E-state index is 11.6. The highest BCUT2D eigenvalue weighted by atomic mass is 35.5. The van der Waals surface area contributed by atoms with Crippen molar-refractivity contribution in [1.82, 2.24) is 14.7 Å². The molecule has 0 saturated carbocycles. The summed E-state index contributed by atoms with van der Waals surface area (Å²) in [5, 5.41) is 5.06. The number of hydrogen-bond acceptors (Lipinski definition) is 3. The van der Waals surface area contributed by atoms with Crippen molar-refractivity contribution in [3.63, 3.8) is 0 Å². The first-order valence-corrected chi connectivity index (χ1v) is 6.34. The first kappa shape index (κ1) is 12.1. The highest BCUT2D eigenvalue weighted by Crippen LogP contribution is 2.16. The van der Waals surface area contributed by atoms with E-state index >= 15 is 0 Å². The largest absolute Gasteiger partial charge is 0.351 e. The maximum atomic E-state index is 11.6. The van der Waals surface area contributed by atoms with Crippen LogP contribution in [-0.2, 0) is 11.2 Å². The summed E-state index contributed by atoms with van der Waals surface area (Å²) in [7, 11) is 0. The van der Waals surface area contributed by atoms with Gasteiger partial charge >= 0.3 is 0 Å². The Labute approximate surface area is 108 Å². The van der Waals surface area contributed by atoms with Gasteiger partial charge < -0.3 is 5.32 Å². The summed E-state index contributed by atoms with van der Waals surface area (Å²) in [5.41, 5.74) is 1.89. The molecule has 2 heterocycles. The Bertz CT molecular complexity index is 572. The number of fused-ring (bicyclic) bond motifs is 1. The summed E-state index contributed by atoms with van der Waals surface area (Å²) in [6.45, 7) is 5.75. The van der Waals surface area contributed by atoms with Crippen molar-refractivity contribution < 1.29 is 4.79 Å². The van der Waals surface area contributed by atoms with Crippen molar-refractivity contribution in [2.24, 2.45) is 0 Å². The minimum atomic E-state index is -0.0714. The van der Waals surface area contributed by atoms with Gasteiger partial charge in [-0.15, -0.1) is 11.3 Å². The number of aryl methyl sites for hydroxylation is 1. The van der Waals surface area contributed by atoms with Gasteiger partial charge in [0.15, 0.2) is 4.96 Å². The van der Waals surface area contributed by atoms with Crippen LogP contribution in [0, 0.1) is 6.92 Å². The van der Waals surface area contributed by atoms with E-state index in [0.29, 0.717) is 18.0 Å². The molecule has 0 aliphatic heterocycles. The number of carbonyl (C=O) groups is 1. The van der Waals surface area contributed by atoms with E-state index in [2.05, 4.69) is 16.9 Å². The van der Waals surface area contributed by atoms with Crippen LogP contribution in [0.15, 0.2) is 23.2 Å². The van der Waals surface area contributed by atoms with Gasteiger partial charge in [0, 0.05) is 22.3 Å². The van der Waals surface area contributed by atoms with Crippen LogP contribution in [0.1, 0.15) is 11.4 Å². The Hall–Kier alpha value is -1.33. The zero-order valence-electron chi connectivity index (χ0n) is 9.36. The fourth-order valence-electron chi connectivity index (χ4n) is 1.49. The van der Waals surface area contributed by atoms with Crippen LogP contribution >= 0.6 is 22.9 Å². The van der Waals surface area contributed by atoms with Crippen LogP contribution in [0.5, 0.6) is 0 Å². The molecule has 1 N–H and O–H groups in total. The van der Waals surface area contributed by atoms with Gasteiger partial charge in [0.1, 0.15) is 0 Å². The SMILES string of the molecule is C=C(Cl)CNC(=O)Cc1csc2nc(C)cn12. The molecule has 2 aromatic heterocycles. The standard InChI is InChI=1S/C11H12ClN3OS/c1-7(12)4-13-10(16)3-9-6-17-11-14-8(2)5-15(9)11/h5-6H,1,3-4H2,2H3,(H,13,16). The highest BCUT2D eigenvalue weighted by molar-refractivity contribution is 7.15. The molecular formula is C11H12ClN3OS. The van der Waals surface area contributed by atoms with E-state index in [-0.39, 0.29) is 5.91 Å². The van der Waals surface area contributed by atoms with E-state index in [1.54, 1.807) is 0 Å². The van der Waals surface area contributed by atoms with Crippen LogP contribution in [0.2, 0.25) is 0 Å². The summed E-state index contributed by atoms with van der Waals surface area (Å²) in [6.07, 6.45) is 2.24. The number of imidazole rings is 1. The zero-order valence-corrected chi connectivity index (χ0v) is 10.9. The Morgan fingerprint density at radius 1 is 1.71 bits per heavy atom. The average molecular weight is 270 g/mol. The smallest absolute Gasteiger partial charge is 0.226 e. The number of halogens is 1. The number of nitrogens with one attached hydrogen (secondary N) is 1. The van der Waals surface area contributed by atoms with Gasteiger partial charge in [0.05, 0.1) is 18.7 Å². The first-order valence-electron chi connectivity index (χ1n) is 5.08. The Balaban J connectivity index is 2.07. The van der Waals surface area contributed by atoms with Gasteiger partial charge in [0.25, 0.3) is 0 Å². The van der Waals surface area contributed by atoms with Gasteiger partial charge in [-0.2, -0.15) is 0 Å². The third-order valence-electron chi connectivity index (χ3n) is 2.22. The molecule has 2 rings (SSSR count). The summed E-state index contributed by atoms with van der Waals surface area (Å²) in [5.74, 6) is -0.0714. The lowest BCUT2D eigenvalue weighted by molar-refractivity contribution is -0.120. The molecular weight excluding hydrogens is 258 g/mol. The molecule has 0 fully saturated rings. The van der Waals surface area contributed by atoms with Crippen LogP contribution in [0.3, 0.4) is 0 Å². The predicted octanol–water partition coefficient (Wildman–Crippen LogP) is 2.12. The summed E-state index contributed by atoms with van der Waals surface area (Å²) >= 11 is 7.11. The first-order chi connectivity index (χ1) is 8.06. The van der Waals surface area contributed by atoms with E-state index in [0.717, 1.165) is 16.3 Å². The van der Waals surface area contributed by atoms with Gasteiger partial charge in [-0.1, -0.05) is 18.2 Å². The third kappa shape index (κ3) is 2.87. The van der Waals surface area contributed by atoms with Crippen LogP contribution < -0.4 is 5.32 Å². The number of carbonyl (C=O) groups excluding carboxylic acids is 1. The fourth-order valence-corrected chi connectivity index (χ4v) is 2.48. The van der Waals surface area contributed by atoms with E-state index in [1.807, 2.05) is 22.9 Å². The number of rotatable bonds is 4. The third-order valence-corrected chi connectivity index (χ3v) is 3.25. The predicted molar refractivity (Wildman–Crippen MR) is 69.5 cm³/mol. The van der Waals surface area contributed by atoms with E-state index in [4.69, 9.17) is 11.6 Å². The molecule has 0 aliphatic carbocycles. The van der Waals surface area contributed by atoms with Crippen molar-refractivity contribution in [1.29, 1.82) is 0 Å². The van der Waals surface area contributed by atoms with Crippen LogP contribution in [-0.4, -0.2) is 21.8 Å². The lowest BCUT2D eigenvalue weighted by atomic mass is 10.3. The quantitative estimate of drug-likeness (QED) is 0.924. The Kier molecular flexibility index (Phi) is 3.49. The second-order valence-electron chi connectivity index (χ2n) is 3.73. The molecule has 0 bridgehead atoms. The van der Waals surface area contributed by atoms with Crippen molar-refractivity contribution in [3.05, 3.63) is 34.6 Å². The molecule has 6 heteroatoms. The van der Waals surface area contributed by atoms with Crippen molar-refractivity contribution >= 4 is 33.8 Å². The lowest BCUT2D eigenvalue weighted by Crippen LogP contribution is -2.26. The van der Waals surface area contributed by atoms with E-state index in [1.165, 1.54) is 11.3 Å². The second-order valence-corrected chi connectivity index (χ2v) is 5.10. The van der Waals surface area contributed by atoms with Crippen molar-refractivity contribution in [3.8, 4) is 0 Å². The average Bonchev–Trinajstić information content (AvgIpc) is 2.76. The van der Waals surface area contributed by atoms with Gasteiger partial charge in [0.2, 0.25) is 5.91 Å². The molecule has 0 aromatic carbocycles. The van der Waals surface area contributed by atoms with E-state index < -0.39 is 0 Å². The maximum Gasteiger partial charge on any atom is 0.226 e. The molecule has 0 spiro atoms. The summed E-state index contributed by atoms with van der Waals surface area (Å²) in [6, 6.07) is 0. The number of aromatic nitrogens is 2. The van der Waals surface area contributed by atoms with E-state index in [9.17, 15) is 4.79 Å². The topological polar surface area (TPSA) is 46.4 Å². The lowest BCUT2D eigenvalue weighted by Gasteiger charge is -2.02. The molecule has 2 aromatic rings. The monoisotopic (exact) mass is 269 g/mol. The van der Waals surface area contributed by atoms with Gasteiger partial charge in [-0.25, -0.2) is 4.98 Å². The number of hydrogen-bond donors (Lipinski definition) is 1. The Morgan fingerprint density at radius 2 is 2.47 bits per heavy atom. The molecule has 0 saturated heterocycles. The molecule has 17 heavy (non-hydrogen) atoms. The molecule has 0 aliphatic rings. The van der Waals surface area contributed by atoms with Crippen molar-refractivity contribution in [2.45, 2.75) is 13.3 Å². The minimum Gasteiger partial charge on any atom is -0.351 e. The second kappa shape index (κ2) is 4.89. The molecule has 4 nitrogen and oxygen atoms in total. The normalized spacial score (nSPS) is 10.7. The number of amides is 1. The fraction of sp³-hybridized carbons (Fsp3) is 0.273. The zero-order chi connectivity index (χ0) is 12.4. The molecule has 0 atom stereocenters. The molecule has 90 valence electrons. The van der Waals surface area contributed by atoms with Crippen molar-refractivity contribution in [2.75, 3.05) is 6.54 Å². The number of thiazole rings is 1. The highest BCUT2D eigenvalue weighted by Gasteiger charge is 2.10. The van der Waals surface area contributed by atoms with Gasteiger partial charge in [-0.05, 0) is 6.92 Å². The summed E-state index contributed by atoms with van der Waals surface area (Å²) < 4.78 is 1.94. The minimum absolute atomic E-state index is 0.0714.